The van der Waals surface area contributed by atoms with Gasteiger partial charge in [-0.3, -0.25) is 4.79 Å². The molecule has 3 atom stereocenters. The quantitative estimate of drug-likeness (QED) is 0.827. The van der Waals surface area contributed by atoms with E-state index in [-0.39, 0.29) is 34.5 Å². The Morgan fingerprint density at radius 1 is 1.20 bits per heavy atom. The number of phenols is 1. The highest BCUT2D eigenvalue weighted by Gasteiger charge is 2.50. The summed E-state index contributed by atoms with van der Waals surface area (Å²) in [7, 11) is -3.71. The number of ether oxygens (including phenoxy) is 1. The topological polar surface area (TPSA) is 83.9 Å². The van der Waals surface area contributed by atoms with Gasteiger partial charge in [-0.15, -0.1) is 0 Å². The van der Waals surface area contributed by atoms with Gasteiger partial charge in [-0.25, -0.2) is 8.42 Å². The fraction of sp³-hybridized carbons (Fsp3) is 0.611. The summed E-state index contributed by atoms with van der Waals surface area (Å²) >= 11 is 0. The molecule has 1 aromatic carbocycles. The zero-order chi connectivity index (χ0) is 18.2. The highest BCUT2D eigenvalue weighted by molar-refractivity contribution is 7.89. The molecule has 1 aromatic rings. The third kappa shape index (κ3) is 3.53. The van der Waals surface area contributed by atoms with Gasteiger partial charge in [-0.1, -0.05) is 19.8 Å². The summed E-state index contributed by atoms with van der Waals surface area (Å²) in [6, 6.07) is 5.27. The Hall–Kier alpha value is -1.60. The van der Waals surface area contributed by atoms with Crippen LogP contribution in [0.1, 0.15) is 39.5 Å². The van der Waals surface area contributed by atoms with Crippen molar-refractivity contribution in [3.05, 3.63) is 24.3 Å². The van der Waals surface area contributed by atoms with E-state index in [1.165, 1.54) is 35.5 Å². The van der Waals surface area contributed by atoms with Gasteiger partial charge >= 0.3 is 5.97 Å². The van der Waals surface area contributed by atoms with E-state index < -0.39 is 16.1 Å². The van der Waals surface area contributed by atoms with Crippen molar-refractivity contribution in [1.29, 1.82) is 0 Å². The van der Waals surface area contributed by atoms with Gasteiger partial charge in [0.1, 0.15) is 11.9 Å². The first-order valence-electron chi connectivity index (χ1n) is 8.79. The number of hydrogen-bond acceptors (Lipinski definition) is 5. The molecular formula is C18H25NO5S. The van der Waals surface area contributed by atoms with Gasteiger partial charge in [0.2, 0.25) is 10.0 Å². The van der Waals surface area contributed by atoms with Crippen LogP contribution in [0.2, 0.25) is 0 Å². The van der Waals surface area contributed by atoms with Gasteiger partial charge < -0.3 is 9.84 Å². The molecule has 0 bridgehead atoms. The summed E-state index contributed by atoms with van der Waals surface area (Å²) in [4.78, 5) is 11.7. The number of esters is 1. The lowest BCUT2D eigenvalue weighted by Gasteiger charge is -2.32. The van der Waals surface area contributed by atoms with Crippen LogP contribution in [0.25, 0.3) is 0 Å². The molecule has 138 valence electrons. The summed E-state index contributed by atoms with van der Waals surface area (Å²) < 4.78 is 33.5. The lowest BCUT2D eigenvalue weighted by atomic mass is 9.91. The fourth-order valence-corrected chi connectivity index (χ4v) is 6.00. The molecule has 6 nitrogen and oxygen atoms in total. The maximum Gasteiger partial charge on any atom is 0.302 e. The molecule has 3 rings (SSSR count). The van der Waals surface area contributed by atoms with Crippen molar-refractivity contribution < 1.29 is 23.1 Å². The van der Waals surface area contributed by atoms with Crippen LogP contribution in [0.5, 0.6) is 5.75 Å². The first-order chi connectivity index (χ1) is 11.8. The molecule has 1 aliphatic carbocycles. The molecule has 1 unspecified atom stereocenters. The van der Waals surface area contributed by atoms with Gasteiger partial charge in [0, 0.05) is 19.4 Å². The molecule has 0 amide bonds. The van der Waals surface area contributed by atoms with Crippen LogP contribution in [-0.4, -0.2) is 42.5 Å². The smallest absolute Gasteiger partial charge is 0.302 e. The summed E-state index contributed by atoms with van der Waals surface area (Å²) in [6.45, 7) is 3.64. The molecule has 2 aliphatic rings. The summed E-state index contributed by atoms with van der Waals surface area (Å²) in [5, 5.41) is 9.43. The van der Waals surface area contributed by atoms with Gasteiger partial charge in [0.25, 0.3) is 0 Å². The van der Waals surface area contributed by atoms with Crippen molar-refractivity contribution in [2.24, 2.45) is 11.8 Å². The monoisotopic (exact) mass is 367 g/mol. The number of nitrogens with zero attached hydrogens (tertiary/aromatic N) is 1. The van der Waals surface area contributed by atoms with Gasteiger partial charge in [-0.05, 0) is 43.0 Å². The third-order valence-corrected chi connectivity index (χ3v) is 7.20. The van der Waals surface area contributed by atoms with Crippen molar-refractivity contribution >= 4 is 16.0 Å². The maximum absolute atomic E-state index is 13.2. The largest absolute Gasteiger partial charge is 0.508 e. The van der Waals surface area contributed by atoms with Crippen molar-refractivity contribution in [3.63, 3.8) is 0 Å². The van der Waals surface area contributed by atoms with Crippen molar-refractivity contribution in [1.82, 2.24) is 4.31 Å². The molecule has 1 N–H and O–H groups in total. The van der Waals surface area contributed by atoms with Crippen molar-refractivity contribution in [2.45, 2.75) is 56.6 Å². The standard InChI is InChI=1S/C18H25NO5S/c1-12-11-19(25(22,23)16-9-7-15(21)8-10-16)17(14-5-3-4-6-14)18(12)24-13(2)20/h7-10,12,14,17-18,21H,3-6,11H2,1-2H3/t12-,17?,18+/m1/s1. The lowest BCUT2D eigenvalue weighted by molar-refractivity contribution is -0.149. The van der Waals surface area contributed by atoms with E-state index >= 15 is 0 Å². The number of carbonyl (C=O) groups excluding carboxylic acids is 1. The Morgan fingerprint density at radius 2 is 1.80 bits per heavy atom. The molecule has 0 spiro atoms. The van der Waals surface area contributed by atoms with E-state index in [9.17, 15) is 18.3 Å². The van der Waals surface area contributed by atoms with Gasteiger partial charge in [-0.2, -0.15) is 4.31 Å². The van der Waals surface area contributed by atoms with E-state index in [4.69, 9.17) is 4.74 Å². The van der Waals surface area contributed by atoms with Gasteiger partial charge in [0.05, 0.1) is 10.9 Å². The average molecular weight is 367 g/mol. The number of phenolic OH excluding ortho intramolecular Hbond substituents is 1. The van der Waals surface area contributed by atoms with Crippen LogP contribution in [0.4, 0.5) is 0 Å². The second-order valence-electron chi connectivity index (χ2n) is 7.16. The Kier molecular flexibility index (Phi) is 5.06. The Bertz CT molecular complexity index is 724. The van der Waals surface area contributed by atoms with Crippen LogP contribution in [0, 0.1) is 11.8 Å². The maximum atomic E-state index is 13.2. The first-order valence-corrected chi connectivity index (χ1v) is 10.2. The predicted octanol–water partition coefficient (Wildman–Crippen LogP) is 2.52. The van der Waals surface area contributed by atoms with Gasteiger partial charge in [0.15, 0.2) is 0 Å². The summed E-state index contributed by atoms with van der Waals surface area (Å²) in [5.74, 6) is -0.190. The molecule has 25 heavy (non-hydrogen) atoms. The van der Waals surface area contributed by atoms with Crippen LogP contribution in [0.15, 0.2) is 29.2 Å². The second kappa shape index (κ2) is 6.96. The minimum Gasteiger partial charge on any atom is -0.508 e. The number of hydrogen-bond donors (Lipinski definition) is 1. The van der Waals surface area contributed by atoms with Crippen LogP contribution >= 0.6 is 0 Å². The van der Waals surface area contributed by atoms with Crippen LogP contribution in [0.3, 0.4) is 0 Å². The van der Waals surface area contributed by atoms with E-state index in [1.54, 1.807) is 0 Å². The fourth-order valence-electron chi connectivity index (χ4n) is 4.20. The molecule has 1 heterocycles. The molecular weight excluding hydrogens is 342 g/mol. The lowest BCUT2D eigenvalue weighted by Crippen LogP contribution is -2.45. The number of sulfonamides is 1. The molecule has 1 saturated carbocycles. The molecule has 0 aromatic heterocycles. The number of rotatable bonds is 4. The van der Waals surface area contributed by atoms with E-state index in [0.717, 1.165) is 25.7 Å². The number of benzene rings is 1. The highest BCUT2D eigenvalue weighted by Crippen LogP contribution is 2.41. The SMILES string of the molecule is CC(=O)O[C@@H]1C(C2CCCC2)N(S(=O)(=O)c2ccc(O)cc2)C[C@H]1C. The predicted molar refractivity (Wildman–Crippen MR) is 92.5 cm³/mol. The minimum absolute atomic E-state index is 0.0267. The average Bonchev–Trinajstić information content (AvgIpc) is 3.16. The Morgan fingerprint density at radius 3 is 2.36 bits per heavy atom. The minimum atomic E-state index is -3.71. The van der Waals surface area contributed by atoms with Crippen LogP contribution in [-0.2, 0) is 19.6 Å². The Labute approximate surface area is 148 Å². The molecule has 2 fully saturated rings. The zero-order valence-electron chi connectivity index (χ0n) is 14.6. The number of aromatic hydroxyl groups is 1. The van der Waals surface area contributed by atoms with Crippen LogP contribution < -0.4 is 0 Å². The first kappa shape index (κ1) is 18.2. The molecule has 7 heteroatoms. The van der Waals surface area contributed by atoms with E-state index in [0.29, 0.717) is 6.54 Å². The summed E-state index contributed by atoms with van der Waals surface area (Å²) in [6.07, 6.45) is 3.66. The second-order valence-corrected chi connectivity index (χ2v) is 9.05. The van der Waals surface area contributed by atoms with E-state index in [1.807, 2.05) is 6.92 Å². The van der Waals surface area contributed by atoms with Crippen molar-refractivity contribution in [3.8, 4) is 5.75 Å². The highest BCUT2D eigenvalue weighted by atomic mass is 32.2. The molecule has 1 aliphatic heterocycles. The van der Waals surface area contributed by atoms with E-state index in [2.05, 4.69) is 0 Å². The third-order valence-electron chi connectivity index (χ3n) is 5.33. The Balaban J connectivity index is 1.97. The number of carbonyl (C=O) groups is 1. The molecule has 0 radical (unpaired) electrons. The molecule has 1 saturated heterocycles. The normalized spacial score (nSPS) is 28.3. The van der Waals surface area contributed by atoms with Crippen molar-refractivity contribution in [2.75, 3.05) is 6.54 Å². The zero-order valence-corrected chi connectivity index (χ0v) is 15.4. The summed E-state index contributed by atoms with van der Waals surface area (Å²) in [5.41, 5.74) is 0.